The molecule has 0 unspecified atom stereocenters. The van der Waals surface area contributed by atoms with E-state index in [-0.39, 0.29) is 5.78 Å². The fourth-order valence-electron chi connectivity index (χ4n) is 3.09. The van der Waals surface area contributed by atoms with E-state index in [0.29, 0.717) is 17.2 Å². The first-order valence-corrected chi connectivity index (χ1v) is 7.82. The van der Waals surface area contributed by atoms with E-state index < -0.39 is 0 Å². The Bertz CT molecular complexity index is 608. The van der Waals surface area contributed by atoms with Gasteiger partial charge in [-0.1, -0.05) is 43.7 Å². The van der Waals surface area contributed by atoms with Crippen LogP contribution in [0.3, 0.4) is 0 Å². The van der Waals surface area contributed by atoms with E-state index in [4.69, 9.17) is 16.0 Å². The molecule has 0 N–H and O–H groups in total. The Balaban J connectivity index is 1.65. The van der Waals surface area contributed by atoms with Crippen molar-refractivity contribution in [3.8, 4) is 0 Å². The second kappa shape index (κ2) is 6.01. The predicted molar refractivity (Wildman–Crippen MR) is 81.4 cm³/mol. The van der Waals surface area contributed by atoms with Gasteiger partial charge < -0.3 is 4.42 Å². The van der Waals surface area contributed by atoms with Crippen molar-refractivity contribution in [1.82, 2.24) is 0 Å². The van der Waals surface area contributed by atoms with Crippen molar-refractivity contribution in [3.63, 3.8) is 0 Å². The first kappa shape index (κ1) is 13.7. The smallest absolute Gasteiger partial charge is 0.198 e. The third kappa shape index (κ3) is 3.06. The summed E-state index contributed by atoms with van der Waals surface area (Å²) in [5, 5.41) is 1.57. The molecular formula is C17H19ClO2. The molecule has 0 radical (unpaired) electrons. The van der Waals surface area contributed by atoms with Gasteiger partial charge in [-0.3, -0.25) is 4.79 Å². The van der Waals surface area contributed by atoms with Crippen molar-refractivity contribution in [1.29, 1.82) is 0 Å². The minimum Gasteiger partial charge on any atom is -0.453 e. The molecule has 0 atom stereocenters. The number of benzene rings is 1. The number of furan rings is 1. The van der Waals surface area contributed by atoms with Gasteiger partial charge in [-0.15, -0.1) is 0 Å². The maximum absolute atomic E-state index is 12.2. The quantitative estimate of drug-likeness (QED) is 0.683. The fraction of sp³-hybridized carbons (Fsp3) is 0.471. The van der Waals surface area contributed by atoms with E-state index in [2.05, 4.69) is 0 Å². The highest BCUT2D eigenvalue weighted by Gasteiger charge is 2.17. The maximum Gasteiger partial charge on any atom is 0.198 e. The summed E-state index contributed by atoms with van der Waals surface area (Å²) in [6, 6.07) is 7.24. The largest absolute Gasteiger partial charge is 0.453 e. The Kier molecular flexibility index (Phi) is 4.11. The number of hydrogen-bond donors (Lipinski definition) is 0. The Morgan fingerprint density at radius 2 is 2.00 bits per heavy atom. The first-order valence-electron chi connectivity index (χ1n) is 7.45. The van der Waals surface area contributed by atoms with Crippen LogP contribution >= 0.6 is 11.6 Å². The fourth-order valence-corrected chi connectivity index (χ4v) is 3.27. The van der Waals surface area contributed by atoms with Crippen LogP contribution in [-0.4, -0.2) is 5.78 Å². The van der Waals surface area contributed by atoms with Gasteiger partial charge in [0, 0.05) is 16.8 Å². The molecule has 0 spiro atoms. The van der Waals surface area contributed by atoms with Crippen LogP contribution in [0.25, 0.3) is 11.0 Å². The molecule has 3 rings (SSSR count). The lowest BCUT2D eigenvalue weighted by Crippen LogP contribution is -2.08. The normalized spacial score (nSPS) is 16.6. The standard InChI is InChI=1S/C17H19ClO2/c18-14-7-9-16-13(10-14)11-17(20-16)15(19)8-6-12-4-2-1-3-5-12/h7,9-12H,1-6,8H2. The van der Waals surface area contributed by atoms with E-state index in [1.807, 2.05) is 18.2 Å². The SMILES string of the molecule is O=C(CCC1CCCCC1)c1cc2cc(Cl)ccc2o1. The summed E-state index contributed by atoms with van der Waals surface area (Å²) in [6.07, 6.45) is 8.15. The van der Waals surface area contributed by atoms with Gasteiger partial charge in [0.05, 0.1) is 0 Å². The number of rotatable bonds is 4. The lowest BCUT2D eigenvalue weighted by atomic mass is 9.85. The summed E-state index contributed by atoms with van der Waals surface area (Å²) in [7, 11) is 0. The molecule has 2 nitrogen and oxygen atoms in total. The Morgan fingerprint density at radius 1 is 1.20 bits per heavy atom. The molecule has 0 saturated heterocycles. The van der Waals surface area contributed by atoms with Crippen molar-refractivity contribution >= 4 is 28.4 Å². The molecule has 1 saturated carbocycles. The zero-order valence-corrected chi connectivity index (χ0v) is 12.3. The summed E-state index contributed by atoms with van der Waals surface area (Å²) in [4.78, 5) is 12.2. The van der Waals surface area contributed by atoms with Gasteiger partial charge >= 0.3 is 0 Å². The van der Waals surface area contributed by atoms with Crippen LogP contribution in [0.5, 0.6) is 0 Å². The van der Waals surface area contributed by atoms with Gasteiger partial charge in [-0.25, -0.2) is 0 Å². The second-order valence-corrected chi connectivity index (χ2v) is 6.20. The minimum atomic E-state index is 0.114. The van der Waals surface area contributed by atoms with Crippen LogP contribution in [0, 0.1) is 5.92 Å². The maximum atomic E-state index is 12.2. The van der Waals surface area contributed by atoms with Crippen LogP contribution in [0.1, 0.15) is 55.5 Å². The highest BCUT2D eigenvalue weighted by molar-refractivity contribution is 6.31. The summed E-state index contributed by atoms with van der Waals surface area (Å²) < 4.78 is 5.62. The van der Waals surface area contributed by atoms with E-state index in [9.17, 15) is 4.79 Å². The minimum absolute atomic E-state index is 0.114. The third-order valence-electron chi connectivity index (χ3n) is 4.26. The number of carbonyl (C=O) groups excluding carboxylic acids is 1. The molecule has 1 aliphatic carbocycles. The monoisotopic (exact) mass is 290 g/mol. The second-order valence-electron chi connectivity index (χ2n) is 5.76. The third-order valence-corrected chi connectivity index (χ3v) is 4.49. The molecule has 0 aliphatic heterocycles. The van der Waals surface area contributed by atoms with Gasteiger partial charge in [0.2, 0.25) is 0 Å². The van der Waals surface area contributed by atoms with E-state index >= 15 is 0 Å². The molecule has 1 aliphatic rings. The summed E-state index contributed by atoms with van der Waals surface area (Å²) in [6.45, 7) is 0. The van der Waals surface area contributed by atoms with Crippen molar-refractivity contribution in [2.75, 3.05) is 0 Å². The van der Waals surface area contributed by atoms with Gasteiger partial charge in [0.1, 0.15) is 5.58 Å². The predicted octanol–water partition coefficient (Wildman–Crippen LogP) is 5.63. The molecule has 1 aromatic heterocycles. The Hall–Kier alpha value is -1.28. The van der Waals surface area contributed by atoms with Crippen molar-refractivity contribution < 1.29 is 9.21 Å². The van der Waals surface area contributed by atoms with Crippen LogP contribution in [0.2, 0.25) is 5.02 Å². The molecule has 1 fully saturated rings. The van der Waals surface area contributed by atoms with Gasteiger partial charge in [0.15, 0.2) is 11.5 Å². The zero-order chi connectivity index (χ0) is 13.9. The topological polar surface area (TPSA) is 30.2 Å². The molecule has 0 bridgehead atoms. The average Bonchev–Trinajstić information content (AvgIpc) is 2.89. The lowest BCUT2D eigenvalue weighted by molar-refractivity contribution is 0.0945. The van der Waals surface area contributed by atoms with Crippen LogP contribution in [0.15, 0.2) is 28.7 Å². The van der Waals surface area contributed by atoms with E-state index in [0.717, 1.165) is 23.3 Å². The number of ketones is 1. The molecule has 106 valence electrons. The van der Waals surface area contributed by atoms with E-state index in [1.165, 1.54) is 32.1 Å². The van der Waals surface area contributed by atoms with Gasteiger partial charge in [-0.2, -0.15) is 0 Å². The molecule has 3 heteroatoms. The number of fused-ring (bicyclic) bond motifs is 1. The zero-order valence-electron chi connectivity index (χ0n) is 11.5. The number of hydrogen-bond acceptors (Lipinski definition) is 2. The Morgan fingerprint density at radius 3 is 2.80 bits per heavy atom. The molecule has 20 heavy (non-hydrogen) atoms. The van der Waals surface area contributed by atoms with Gasteiger partial charge in [-0.05, 0) is 36.6 Å². The number of halogens is 1. The van der Waals surface area contributed by atoms with Crippen molar-refractivity contribution in [2.45, 2.75) is 44.9 Å². The number of carbonyl (C=O) groups is 1. The lowest BCUT2D eigenvalue weighted by Gasteiger charge is -2.20. The number of Topliss-reactive ketones (excluding diaryl/α,β-unsaturated/α-hetero) is 1. The molecule has 2 aromatic rings. The van der Waals surface area contributed by atoms with Crippen molar-refractivity contribution in [3.05, 3.63) is 35.0 Å². The summed E-state index contributed by atoms with van der Waals surface area (Å²) >= 11 is 5.94. The molecule has 0 amide bonds. The summed E-state index contributed by atoms with van der Waals surface area (Å²) in [5.74, 6) is 1.31. The van der Waals surface area contributed by atoms with Gasteiger partial charge in [0.25, 0.3) is 0 Å². The average molecular weight is 291 g/mol. The van der Waals surface area contributed by atoms with Crippen LogP contribution in [-0.2, 0) is 0 Å². The Labute approximate surface area is 124 Å². The molecule has 1 heterocycles. The highest BCUT2D eigenvalue weighted by Crippen LogP contribution is 2.29. The molecular weight excluding hydrogens is 272 g/mol. The van der Waals surface area contributed by atoms with Crippen LogP contribution < -0.4 is 0 Å². The van der Waals surface area contributed by atoms with Crippen LogP contribution in [0.4, 0.5) is 0 Å². The molecule has 1 aromatic carbocycles. The van der Waals surface area contributed by atoms with E-state index in [1.54, 1.807) is 6.07 Å². The summed E-state index contributed by atoms with van der Waals surface area (Å²) in [5.41, 5.74) is 0.732. The first-order chi connectivity index (χ1) is 9.72. The highest BCUT2D eigenvalue weighted by atomic mass is 35.5. The van der Waals surface area contributed by atoms with Crippen molar-refractivity contribution in [2.24, 2.45) is 5.92 Å².